The van der Waals surface area contributed by atoms with Crippen molar-refractivity contribution in [2.75, 3.05) is 25.5 Å². The largest absolute Gasteiger partial charge is 0.435 e. The average Bonchev–Trinajstić information content (AvgIpc) is 3.22. The van der Waals surface area contributed by atoms with Crippen LogP contribution in [0.25, 0.3) is 0 Å². The van der Waals surface area contributed by atoms with Gasteiger partial charge < -0.3 is 10.2 Å². The lowest BCUT2D eigenvalue weighted by Gasteiger charge is -2.38. The Morgan fingerprint density at radius 1 is 1.23 bits per heavy atom. The number of rotatable bonds is 3. The van der Waals surface area contributed by atoms with Gasteiger partial charge in [-0.05, 0) is 52.6 Å². The van der Waals surface area contributed by atoms with E-state index in [1.165, 1.54) is 9.58 Å². The molecule has 2 saturated carbocycles. The molecule has 2 aliphatic carbocycles. The van der Waals surface area contributed by atoms with Crippen molar-refractivity contribution in [2.45, 2.75) is 62.3 Å². The molecule has 1 N–H and O–H groups in total. The van der Waals surface area contributed by atoms with Gasteiger partial charge in [-0.25, -0.2) is 9.48 Å². The second kappa shape index (κ2) is 5.87. The van der Waals surface area contributed by atoms with Gasteiger partial charge in [0.1, 0.15) is 5.82 Å². The molecule has 1 aromatic heterocycles. The van der Waals surface area contributed by atoms with Crippen LogP contribution in [0, 0.1) is 0 Å². The third-order valence-electron chi connectivity index (χ3n) is 5.90. The summed E-state index contributed by atoms with van der Waals surface area (Å²) in [5, 5.41) is 6.81. The quantitative estimate of drug-likeness (QED) is 0.889. The summed E-state index contributed by atoms with van der Waals surface area (Å²) in [7, 11) is 4.10. The Bertz CT molecular complexity index is 702. The van der Waals surface area contributed by atoms with E-state index in [4.69, 9.17) is 0 Å². The maximum Gasteiger partial charge on any atom is 0.435 e. The van der Waals surface area contributed by atoms with Crippen LogP contribution in [-0.4, -0.2) is 52.9 Å². The van der Waals surface area contributed by atoms with Crippen LogP contribution in [-0.2, 0) is 6.18 Å². The van der Waals surface area contributed by atoms with E-state index < -0.39 is 11.9 Å². The van der Waals surface area contributed by atoms with Gasteiger partial charge in [0.25, 0.3) is 0 Å². The summed E-state index contributed by atoms with van der Waals surface area (Å²) in [6, 6.07) is 1.15. The third-order valence-corrected chi connectivity index (χ3v) is 5.90. The SMILES string of the molecule is CN(C)C1CCC2(CC1)CN(c1cc(C(F)(F)F)nn1C1CC1)C(=O)N2. The maximum atomic E-state index is 13.1. The molecule has 0 unspecified atom stereocenters. The molecule has 3 fully saturated rings. The summed E-state index contributed by atoms with van der Waals surface area (Å²) in [6.07, 6.45) is 0.706. The van der Waals surface area contributed by atoms with Crippen LogP contribution in [0.5, 0.6) is 0 Å². The lowest BCUT2D eigenvalue weighted by molar-refractivity contribution is -0.141. The molecule has 0 aromatic carbocycles. The Labute approximate surface area is 150 Å². The van der Waals surface area contributed by atoms with Gasteiger partial charge in [0.2, 0.25) is 0 Å². The molecular weight excluding hydrogens is 347 g/mol. The minimum atomic E-state index is -4.51. The summed E-state index contributed by atoms with van der Waals surface area (Å²) >= 11 is 0. The van der Waals surface area contributed by atoms with Crippen LogP contribution in [0.3, 0.4) is 0 Å². The van der Waals surface area contributed by atoms with Crippen LogP contribution >= 0.6 is 0 Å². The number of hydrogen-bond donors (Lipinski definition) is 1. The van der Waals surface area contributed by atoms with E-state index in [0.29, 0.717) is 12.6 Å². The first kappa shape index (κ1) is 17.6. The van der Waals surface area contributed by atoms with Crippen molar-refractivity contribution < 1.29 is 18.0 Å². The van der Waals surface area contributed by atoms with Crippen LogP contribution in [0.15, 0.2) is 6.07 Å². The number of nitrogens with zero attached hydrogens (tertiary/aromatic N) is 4. The van der Waals surface area contributed by atoms with Gasteiger partial charge in [-0.2, -0.15) is 18.3 Å². The summed E-state index contributed by atoms with van der Waals surface area (Å²) in [6.45, 7) is 0.404. The normalized spacial score (nSPS) is 29.7. The second-order valence-corrected chi connectivity index (χ2v) is 8.05. The van der Waals surface area contributed by atoms with Gasteiger partial charge in [0, 0.05) is 12.1 Å². The number of halogens is 3. The van der Waals surface area contributed by atoms with Crippen molar-refractivity contribution >= 4 is 11.8 Å². The van der Waals surface area contributed by atoms with Crippen LogP contribution < -0.4 is 10.2 Å². The van der Waals surface area contributed by atoms with Gasteiger partial charge >= 0.3 is 12.2 Å². The fourth-order valence-corrected chi connectivity index (χ4v) is 4.16. The summed E-state index contributed by atoms with van der Waals surface area (Å²) in [5.74, 6) is 0.268. The van der Waals surface area contributed by atoms with E-state index in [-0.39, 0.29) is 23.4 Å². The highest BCUT2D eigenvalue weighted by Crippen LogP contribution is 2.43. The molecule has 6 nitrogen and oxygen atoms in total. The van der Waals surface area contributed by atoms with Crippen LogP contribution in [0.1, 0.15) is 50.3 Å². The lowest BCUT2D eigenvalue weighted by atomic mass is 9.79. The van der Waals surface area contributed by atoms with Crippen molar-refractivity contribution in [3.8, 4) is 0 Å². The first-order valence-electron chi connectivity index (χ1n) is 9.11. The number of alkyl halides is 3. The van der Waals surface area contributed by atoms with Crippen molar-refractivity contribution in [2.24, 2.45) is 0 Å². The molecule has 1 aromatic rings. The molecule has 3 aliphatic rings. The number of urea groups is 1. The van der Waals surface area contributed by atoms with Gasteiger partial charge in [-0.15, -0.1) is 0 Å². The molecule has 1 aliphatic heterocycles. The Kier molecular flexibility index (Phi) is 3.98. The Morgan fingerprint density at radius 2 is 1.88 bits per heavy atom. The number of carbonyl (C=O) groups is 1. The molecule has 0 bridgehead atoms. The number of amides is 2. The molecule has 26 heavy (non-hydrogen) atoms. The van der Waals surface area contributed by atoms with Crippen LogP contribution in [0.4, 0.5) is 23.8 Å². The number of aromatic nitrogens is 2. The van der Waals surface area contributed by atoms with E-state index >= 15 is 0 Å². The first-order chi connectivity index (χ1) is 12.2. The molecule has 9 heteroatoms. The Morgan fingerprint density at radius 3 is 2.42 bits per heavy atom. The number of nitrogens with one attached hydrogen (secondary N) is 1. The van der Waals surface area contributed by atoms with Gasteiger partial charge in [-0.3, -0.25) is 4.90 Å². The maximum absolute atomic E-state index is 13.1. The molecule has 4 rings (SSSR count). The molecule has 1 saturated heterocycles. The molecule has 2 amide bonds. The predicted molar refractivity (Wildman–Crippen MR) is 90.1 cm³/mol. The highest BCUT2D eigenvalue weighted by Gasteiger charge is 2.48. The number of carbonyl (C=O) groups excluding carboxylic acids is 1. The zero-order chi connectivity index (χ0) is 18.7. The number of hydrogen-bond acceptors (Lipinski definition) is 3. The third kappa shape index (κ3) is 3.06. The Hall–Kier alpha value is -1.77. The zero-order valence-electron chi connectivity index (χ0n) is 15.0. The van der Waals surface area contributed by atoms with Crippen LogP contribution in [0.2, 0.25) is 0 Å². The Balaban J connectivity index is 1.58. The molecular formula is C17H24F3N5O. The van der Waals surface area contributed by atoms with Crippen molar-refractivity contribution in [1.82, 2.24) is 20.0 Å². The van der Waals surface area contributed by atoms with Crippen molar-refractivity contribution in [1.29, 1.82) is 0 Å². The van der Waals surface area contributed by atoms with Gasteiger partial charge in [0.15, 0.2) is 5.69 Å². The lowest BCUT2D eigenvalue weighted by Crippen LogP contribution is -2.49. The van der Waals surface area contributed by atoms with Crippen molar-refractivity contribution in [3.05, 3.63) is 11.8 Å². The molecule has 1 spiro atoms. The minimum Gasteiger partial charge on any atom is -0.330 e. The first-order valence-corrected chi connectivity index (χ1v) is 9.11. The standard InChI is InChI=1S/C17H24F3N5O/c1-23(2)11-5-7-16(8-6-11)10-24(15(26)21-16)14-9-13(17(18,19)20)22-25(14)12-3-4-12/h9,11-12H,3-8,10H2,1-2H3,(H,21,26). The summed E-state index contributed by atoms with van der Waals surface area (Å²) in [4.78, 5) is 16.2. The second-order valence-electron chi connectivity index (χ2n) is 8.05. The topological polar surface area (TPSA) is 53.4 Å². The smallest absolute Gasteiger partial charge is 0.330 e. The monoisotopic (exact) mass is 371 g/mol. The summed E-state index contributed by atoms with van der Waals surface area (Å²) in [5.41, 5.74) is -1.27. The van der Waals surface area contributed by atoms with Gasteiger partial charge in [-0.1, -0.05) is 0 Å². The highest BCUT2D eigenvalue weighted by atomic mass is 19.4. The predicted octanol–water partition coefficient (Wildman–Crippen LogP) is 3.01. The summed E-state index contributed by atoms with van der Waals surface area (Å²) < 4.78 is 40.7. The van der Waals surface area contributed by atoms with E-state index in [0.717, 1.165) is 44.6 Å². The molecule has 2 heterocycles. The van der Waals surface area contributed by atoms with E-state index in [1.807, 2.05) is 0 Å². The van der Waals surface area contributed by atoms with Crippen molar-refractivity contribution in [3.63, 3.8) is 0 Å². The average molecular weight is 371 g/mol. The number of anilines is 1. The fraction of sp³-hybridized carbons (Fsp3) is 0.765. The molecule has 0 atom stereocenters. The van der Waals surface area contributed by atoms with E-state index in [1.54, 1.807) is 0 Å². The van der Waals surface area contributed by atoms with Gasteiger partial charge in [0.05, 0.1) is 18.1 Å². The molecule has 144 valence electrons. The zero-order valence-corrected chi connectivity index (χ0v) is 15.0. The fourth-order valence-electron chi connectivity index (χ4n) is 4.16. The van der Waals surface area contributed by atoms with E-state index in [9.17, 15) is 18.0 Å². The van der Waals surface area contributed by atoms with E-state index in [2.05, 4.69) is 29.4 Å². The molecule has 0 radical (unpaired) electrons. The highest BCUT2D eigenvalue weighted by molar-refractivity contribution is 5.94. The minimum absolute atomic E-state index is 0.0325.